The number of urea groups is 1. The van der Waals surface area contributed by atoms with Crippen molar-refractivity contribution in [3.05, 3.63) is 89.5 Å². The van der Waals surface area contributed by atoms with Gasteiger partial charge in [-0.15, -0.1) is 0 Å². The minimum absolute atomic E-state index is 0.0894. The molecular weight excluding hydrogens is 441 g/mol. The molecule has 0 spiro atoms. The standard InChI is InChI=1S/C23H19F3N2O3S/c1-2-16-7-6-10-19(14-16)28-22(29)27(20-11-3-4-12-21(20)32(28,30)31)15-17-8-5-9-18(13-17)23(24,25)26/h3-14H,2,15H2,1H3. The normalized spacial score (nSPS) is 15.6. The number of alkyl halides is 3. The highest BCUT2D eigenvalue weighted by Crippen LogP contribution is 2.38. The van der Waals surface area contributed by atoms with Gasteiger partial charge in [0.25, 0.3) is 10.0 Å². The number of fused-ring (bicyclic) bond motifs is 1. The monoisotopic (exact) mass is 460 g/mol. The highest BCUT2D eigenvalue weighted by Gasteiger charge is 2.42. The van der Waals surface area contributed by atoms with E-state index in [1.807, 2.05) is 13.0 Å². The van der Waals surface area contributed by atoms with Crippen LogP contribution in [-0.2, 0) is 29.2 Å². The molecule has 0 fully saturated rings. The third-order valence-electron chi connectivity index (χ3n) is 5.23. The first kappa shape index (κ1) is 21.9. The van der Waals surface area contributed by atoms with E-state index in [4.69, 9.17) is 0 Å². The predicted octanol–water partition coefficient (Wildman–Crippen LogP) is 5.60. The number of halogens is 3. The molecule has 0 radical (unpaired) electrons. The maximum Gasteiger partial charge on any atom is 0.416 e. The van der Waals surface area contributed by atoms with Crippen molar-refractivity contribution in [3.8, 4) is 0 Å². The van der Waals surface area contributed by atoms with Crippen LogP contribution in [0.1, 0.15) is 23.6 Å². The Morgan fingerprint density at radius 3 is 2.28 bits per heavy atom. The number of amides is 2. The van der Waals surface area contributed by atoms with Crippen molar-refractivity contribution >= 4 is 27.4 Å². The van der Waals surface area contributed by atoms with E-state index in [9.17, 15) is 26.4 Å². The van der Waals surface area contributed by atoms with Crippen LogP contribution in [0.4, 0.5) is 29.3 Å². The molecule has 1 aliphatic rings. The Kier molecular flexibility index (Phi) is 5.46. The molecule has 3 aromatic carbocycles. The van der Waals surface area contributed by atoms with Crippen LogP contribution in [0.15, 0.2) is 77.7 Å². The number of rotatable bonds is 4. The van der Waals surface area contributed by atoms with Gasteiger partial charge in [-0.05, 0) is 53.9 Å². The molecule has 0 saturated heterocycles. The van der Waals surface area contributed by atoms with Crippen LogP contribution in [0.25, 0.3) is 0 Å². The van der Waals surface area contributed by atoms with Gasteiger partial charge in [0.15, 0.2) is 0 Å². The molecule has 0 aromatic heterocycles. The average Bonchev–Trinajstić information content (AvgIpc) is 2.76. The van der Waals surface area contributed by atoms with Gasteiger partial charge >= 0.3 is 12.2 Å². The third kappa shape index (κ3) is 3.84. The molecule has 0 aliphatic carbocycles. The molecule has 2 amide bonds. The van der Waals surface area contributed by atoms with Crippen molar-refractivity contribution in [2.24, 2.45) is 0 Å². The Bertz CT molecular complexity index is 1290. The zero-order chi connectivity index (χ0) is 23.1. The van der Waals surface area contributed by atoms with Gasteiger partial charge in [-0.3, -0.25) is 4.90 Å². The van der Waals surface area contributed by atoms with Gasteiger partial charge in [-0.25, -0.2) is 13.2 Å². The zero-order valence-electron chi connectivity index (χ0n) is 17.0. The van der Waals surface area contributed by atoms with E-state index in [2.05, 4.69) is 0 Å². The van der Waals surface area contributed by atoms with Gasteiger partial charge in [-0.2, -0.15) is 17.5 Å². The number of carbonyl (C=O) groups excluding carboxylic acids is 1. The summed E-state index contributed by atoms with van der Waals surface area (Å²) in [7, 11) is -4.20. The SMILES string of the molecule is CCc1cccc(N2C(=O)N(Cc3cccc(C(F)(F)F)c3)c3ccccc3S2(=O)=O)c1. The van der Waals surface area contributed by atoms with E-state index in [1.54, 1.807) is 18.2 Å². The number of nitrogens with zero attached hydrogens (tertiary/aromatic N) is 2. The number of hydrogen-bond acceptors (Lipinski definition) is 3. The van der Waals surface area contributed by atoms with Crippen molar-refractivity contribution < 1.29 is 26.4 Å². The average molecular weight is 460 g/mol. The molecule has 4 rings (SSSR count). The molecule has 3 aromatic rings. The Morgan fingerprint density at radius 2 is 1.56 bits per heavy atom. The van der Waals surface area contributed by atoms with E-state index in [1.165, 1.54) is 41.3 Å². The Balaban J connectivity index is 1.83. The van der Waals surface area contributed by atoms with Crippen LogP contribution in [0.5, 0.6) is 0 Å². The fourth-order valence-electron chi connectivity index (χ4n) is 3.65. The Morgan fingerprint density at radius 1 is 0.875 bits per heavy atom. The number of aryl methyl sites for hydroxylation is 1. The Labute approximate surface area is 183 Å². The van der Waals surface area contributed by atoms with Crippen LogP contribution < -0.4 is 9.21 Å². The third-order valence-corrected chi connectivity index (χ3v) is 6.98. The Hall–Kier alpha value is -3.33. The minimum Gasteiger partial charge on any atom is -0.287 e. The maximum atomic E-state index is 13.4. The fourth-order valence-corrected chi connectivity index (χ4v) is 5.23. The van der Waals surface area contributed by atoms with E-state index in [0.29, 0.717) is 10.7 Å². The molecule has 0 N–H and O–H groups in total. The number of para-hydroxylation sites is 1. The molecule has 9 heteroatoms. The first-order valence-electron chi connectivity index (χ1n) is 9.84. The van der Waals surface area contributed by atoms with Crippen LogP contribution in [0.3, 0.4) is 0 Å². The summed E-state index contributed by atoms with van der Waals surface area (Å²) in [5.41, 5.74) is 0.530. The van der Waals surface area contributed by atoms with Gasteiger partial charge in [0.1, 0.15) is 4.90 Å². The first-order chi connectivity index (χ1) is 15.1. The van der Waals surface area contributed by atoms with E-state index < -0.39 is 27.8 Å². The quantitative estimate of drug-likeness (QED) is 0.509. The van der Waals surface area contributed by atoms with Gasteiger partial charge in [0, 0.05) is 0 Å². The lowest BCUT2D eigenvalue weighted by atomic mass is 10.1. The van der Waals surface area contributed by atoms with Crippen molar-refractivity contribution in [2.45, 2.75) is 31.0 Å². The predicted molar refractivity (Wildman–Crippen MR) is 115 cm³/mol. The second-order valence-electron chi connectivity index (χ2n) is 7.33. The molecular formula is C23H19F3N2O3S. The van der Waals surface area contributed by atoms with Crippen molar-refractivity contribution in [1.82, 2.24) is 0 Å². The number of hydrogen-bond donors (Lipinski definition) is 0. The van der Waals surface area contributed by atoms with Gasteiger partial charge < -0.3 is 0 Å². The van der Waals surface area contributed by atoms with Crippen LogP contribution in [0.2, 0.25) is 0 Å². The van der Waals surface area contributed by atoms with E-state index in [0.717, 1.165) is 17.7 Å². The molecule has 0 unspecified atom stereocenters. The zero-order valence-corrected chi connectivity index (χ0v) is 17.8. The highest BCUT2D eigenvalue weighted by atomic mass is 32.2. The van der Waals surface area contributed by atoms with Crippen molar-refractivity contribution in [2.75, 3.05) is 9.21 Å². The molecule has 0 bridgehead atoms. The lowest BCUT2D eigenvalue weighted by Crippen LogP contribution is -2.50. The summed E-state index contributed by atoms with van der Waals surface area (Å²) in [5.74, 6) is 0. The summed E-state index contributed by atoms with van der Waals surface area (Å²) in [6, 6.07) is 16.4. The lowest BCUT2D eigenvalue weighted by Gasteiger charge is -2.36. The number of anilines is 2. The molecule has 5 nitrogen and oxygen atoms in total. The number of carbonyl (C=O) groups is 1. The van der Waals surface area contributed by atoms with Gasteiger partial charge in [0.2, 0.25) is 0 Å². The molecule has 166 valence electrons. The molecule has 0 saturated carbocycles. The van der Waals surface area contributed by atoms with Crippen molar-refractivity contribution in [1.29, 1.82) is 0 Å². The second-order valence-corrected chi connectivity index (χ2v) is 9.08. The molecule has 32 heavy (non-hydrogen) atoms. The van der Waals surface area contributed by atoms with E-state index >= 15 is 0 Å². The van der Waals surface area contributed by atoms with Gasteiger partial charge in [-0.1, -0.05) is 43.3 Å². The minimum atomic E-state index is -4.53. The summed E-state index contributed by atoms with van der Waals surface area (Å²) in [6.45, 7) is 1.68. The van der Waals surface area contributed by atoms with Gasteiger partial charge in [0.05, 0.1) is 23.5 Å². The molecule has 1 heterocycles. The first-order valence-corrected chi connectivity index (χ1v) is 11.3. The molecule has 1 aliphatic heterocycles. The molecule has 0 atom stereocenters. The summed E-state index contributed by atoms with van der Waals surface area (Å²) >= 11 is 0. The smallest absolute Gasteiger partial charge is 0.287 e. The van der Waals surface area contributed by atoms with E-state index in [-0.39, 0.29) is 28.4 Å². The lowest BCUT2D eigenvalue weighted by molar-refractivity contribution is -0.137. The van der Waals surface area contributed by atoms with Crippen LogP contribution in [-0.4, -0.2) is 14.4 Å². The summed E-state index contributed by atoms with van der Waals surface area (Å²) in [4.78, 5) is 14.5. The van der Waals surface area contributed by atoms with Crippen LogP contribution in [0, 0.1) is 0 Å². The fraction of sp³-hybridized carbons (Fsp3) is 0.174. The summed E-state index contributed by atoms with van der Waals surface area (Å²) in [6.07, 6.45) is -3.89. The summed E-state index contributed by atoms with van der Waals surface area (Å²) < 4.78 is 66.8. The largest absolute Gasteiger partial charge is 0.416 e. The summed E-state index contributed by atoms with van der Waals surface area (Å²) in [5, 5.41) is 0. The topological polar surface area (TPSA) is 57.7 Å². The second kappa shape index (κ2) is 7.98. The van der Waals surface area contributed by atoms with Crippen molar-refractivity contribution in [3.63, 3.8) is 0 Å². The maximum absolute atomic E-state index is 13.4. The number of benzene rings is 3. The van der Waals surface area contributed by atoms with Crippen LogP contribution >= 0.6 is 0 Å². The number of sulfonamides is 1. The highest BCUT2D eigenvalue weighted by molar-refractivity contribution is 7.94.